The lowest BCUT2D eigenvalue weighted by molar-refractivity contribution is 0.103. The Morgan fingerprint density at radius 1 is 1.08 bits per heavy atom. The normalized spacial score (nSPS) is 11.0. The number of ether oxygens (including phenoxy) is 2. The highest BCUT2D eigenvalue weighted by molar-refractivity contribution is 6.20. The van der Waals surface area contributed by atoms with Crippen LogP contribution in [0.15, 0.2) is 51.7 Å². The van der Waals surface area contributed by atoms with E-state index < -0.39 is 5.63 Å². The second-order valence-electron chi connectivity index (χ2n) is 5.61. The summed E-state index contributed by atoms with van der Waals surface area (Å²) in [6.07, 6.45) is 0. The fourth-order valence-corrected chi connectivity index (χ4v) is 2.94. The summed E-state index contributed by atoms with van der Waals surface area (Å²) in [6, 6.07) is 11.9. The van der Waals surface area contributed by atoms with Gasteiger partial charge in [0.25, 0.3) is 0 Å². The first kappa shape index (κ1) is 15.9. The van der Waals surface area contributed by atoms with E-state index in [-0.39, 0.29) is 17.0 Å². The van der Waals surface area contributed by atoms with Crippen LogP contribution in [0.4, 0.5) is 0 Å². The highest BCUT2D eigenvalue weighted by atomic mass is 16.5. The molecule has 0 unspecified atom stereocenters. The van der Waals surface area contributed by atoms with Gasteiger partial charge in [0.1, 0.15) is 11.3 Å². The Morgan fingerprint density at radius 3 is 2.62 bits per heavy atom. The van der Waals surface area contributed by atoms with Crippen molar-refractivity contribution in [2.24, 2.45) is 0 Å². The molecular formula is C19H14N2O5. The molecule has 7 heteroatoms. The zero-order valence-corrected chi connectivity index (χ0v) is 14.0. The third kappa shape index (κ3) is 2.33. The van der Waals surface area contributed by atoms with Crippen molar-refractivity contribution in [3.05, 3.63) is 64.1 Å². The van der Waals surface area contributed by atoms with Crippen LogP contribution in [0.25, 0.3) is 21.9 Å². The van der Waals surface area contributed by atoms with E-state index >= 15 is 0 Å². The van der Waals surface area contributed by atoms with E-state index in [1.165, 1.54) is 14.2 Å². The summed E-state index contributed by atoms with van der Waals surface area (Å²) in [7, 11) is 3.01. The van der Waals surface area contributed by atoms with E-state index in [0.717, 1.165) is 0 Å². The van der Waals surface area contributed by atoms with Gasteiger partial charge in [0.2, 0.25) is 5.78 Å². The summed E-state index contributed by atoms with van der Waals surface area (Å²) >= 11 is 0. The Kier molecular flexibility index (Phi) is 3.69. The number of hydrogen-bond acceptors (Lipinski definition) is 6. The molecule has 0 spiro atoms. The molecule has 0 aliphatic carbocycles. The molecule has 0 radical (unpaired) electrons. The minimum atomic E-state index is -0.572. The van der Waals surface area contributed by atoms with Crippen LogP contribution in [-0.4, -0.2) is 30.2 Å². The van der Waals surface area contributed by atoms with E-state index in [1.807, 2.05) is 0 Å². The van der Waals surface area contributed by atoms with Crippen LogP contribution in [0.2, 0.25) is 0 Å². The van der Waals surface area contributed by atoms with Crippen molar-refractivity contribution in [2.75, 3.05) is 14.2 Å². The largest absolute Gasteiger partial charge is 0.493 e. The smallest absolute Gasteiger partial charge is 0.362 e. The first-order valence-electron chi connectivity index (χ1n) is 7.80. The zero-order valence-electron chi connectivity index (χ0n) is 14.0. The van der Waals surface area contributed by atoms with E-state index in [9.17, 15) is 9.59 Å². The second kappa shape index (κ2) is 6.03. The number of H-pyrrole nitrogens is 1. The van der Waals surface area contributed by atoms with Crippen LogP contribution in [-0.2, 0) is 0 Å². The summed E-state index contributed by atoms with van der Waals surface area (Å²) in [5.74, 6) is 0.609. The van der Waals surface area contributed by atoms with Gasteiger partial charge in [-0.05, 0) is 24.3 Å². The van der Waals surface area contributed by atoms with Crippen molar-refractivity contribution in [2.45, 2.75) is 0 Å². The number of nitrogens with one attached hydrogen (secondary N) is 1. The molecule has 7 nitrogen and oxygen atoms in total. The Bertz CT molecular complexity index is 1210. The van der Waals surface area contributed by atoms with Crippen LogP contribution in [0.5, 0.6) is 11.5 Å². The lowest BCUT2D eigenvalue weighted by Gasteiger charge is -2.08. The number of methoxy groups -OCH3 is 2. The summed E-state index contributed by atoms with van der Waals surface area (Å²) < 4.78 is 15.7. The van der Waals surface area contributed by atoms with Crippen molar-refractivity contribution in [1.82, 2.24) is 10.2 Å². The number of aromatic amines is 1. The SMILES string of the molecule is COc1ccc(C(=O)c2n[nH]c3c(=O)oc4ccccc4c23)cc1OC. The molecule has 0 saturated carbocycles. The van der Waals surface area contributed by atoms with Gasteiger partial charge in [-0.25, -0.2) is 4.79 Å². The zero-order chi connectivity index (χ0) is 18.3. The van der Waals surface area contributed by atoms with Gasteiger partial charge in [0.15, 0.2) is 17.0 Å². The Balaban J connectivity index is 1.95. The minimum absolute atomic E-state index is 0.149. The number of ketones is 1. The summed E-state index contributed by atoms with van der Waals surface area (Å²) in [5.41, 5.74) is 0.502. The van der Waals surface area contributed by atoms with E-state index in [0.29, 0.717) is 33.4 Å². The number of carbonyl (C=O) groups is 1. The lowest BCUT2D eigenvalue weighted by Crippen LogP contribution is -2.05. The Hall–Kier alpha value is -3.61. The van der Waals surface area contributed by atoms with Gasteiger partial charge < -0.3 is 13.9 Å². The van der Waals surface area contributed by atoms with Gasteiger partial charge in [-0.15, -0.1) is 0 Å². The van der Waals surface area contributed by atoms with Crippen LogP contribution in [0.1, 0.15) is 16.1 Å². The van der Waals surface area contributed by atoms with Gasteiger partial charge in [-0.2, -0.15) is 5.10 Å². The van der Waals surface area contributed by atoms with Gasteiger partial charge in [0.05, 0.1) is 14.2 Å². The Morgan fingerprint density at radius 2 is 1.85 bits per heavy atom. The number of fused-ring (bicyclic) bond motifs is 3. The molecule has 4 aromatic rings. The van der Waals surface area contributed by atoms with Crippen molar-refractivity contribution in [1.29, 1.82) is 0 Å². The van der Waals surface area contributed by atoms with Gasteiger partial charge >= 0.3 is 5.63 Å². The van der Waals surface area contributed by atoms with Gasteiger partial charge in [-0.3, -0.25) is 9.89 Å². The Labute approximate surface area is 147 Å². The first-order valence-corrected chi connectivity index (χ1v) is 7.80. The molecule has 0 bridgehead atoms. The van der Waals surface area contributed by atoms with Crippen molar-refractivity contribution < 1.29 is 18.7 Å². The maximum Gasteiger partial charge on any atom is 0.362 e. The van der Waals surface area contributed by atoms with Gasteiger partial charge in [0, 0.05) is 16.3 Å². The highest BCUT2D eigenvalue weighted by Gasteiger charge is 2.22. The average Bonchev–Trinajstić information content (AvgIpc) is 3.13. The molecule has 0 fully saturated rings. The summed E-state index contributed by atoms with van der Waals surface area (Å²) in [5, 5.41) is 7.77. The van der Waals surface area contributed by atoms with Crippen LogP contribution in [0.3, 0.4) is 0 Å². The quantitative estimate of drug-likeness (QED) is 0.449. The van der Waals surface area contributed by atoms with Crippen molar-refractivity contribution >= 4 is 27.7 Å². The fourth-order valence-electron chi connectivity index (χ4n) is 2.94. The molecule has 4 rings (SSSR count). The summed E-state index contributed by atoms with van der Waals surface area (Å²) in [6.45, 7) is 0. The minimum Gasteiger partial charge on any atom is -0.493 e. The number of para-hydroxylation sites is 1. The van der Waals surface area contributed by atoms with Crippen LogP contribution >= 0.6 is 0 Å². The predicted molar refractivity (Wildman–Crippen MR) is 95.1 cm³/mol. The maximum absolute atomic E-state index is 13.0. The molecule has 2 aromatic carbocycles. The van der Waals surface area contributed by atoms with Crippen LogP contribution in [0, 0.1) is 0 Å². The van der Waals surface area contributed by atoms with Crippen LogP contribution < -0.4 is 15.1 Å². The number of carbonyl (C=O) groups excluding carboxylic acids is 1. The molecule has 0 amide bonds. The molecule has 2 aromatic heterocycles. The molecule has 0 saturated heterocycles. The maximum atomic E-state index is 13.0. The topological polar surface area (TPSA) is 94.4 Å². The molecule has 0 aliphatic rings. The number of benzene rings is 2. The number of aromatic nitrogens is 2. The molecule has 130 valence electrons. The monoisotopic (exact) mass is 350 g/mol. The van der Waals surface area contributed by atoms with Crippen molar-refractivity contribution in [3.63, 3.8) is 0 Å². The third-order valence-electron chi connectivity index (χ3n) is 4.19. The molecule has 26 heavy (non-hydrogen) atoms. The molecule has 1 N–H and O–H groups in total. The van der Waals surface area contributed by atoms with Gasteiger partial charge in [-0.1, -0.05) is 18.2 Å². The second-order valence-corrected chi connectivity index (χ2v) is 5.61. The predicted octanol–water partition coefficient (Wildman–Crippen LogP) is 2.92. The third-order valence-corrected chi connectivity index (χ3v) is 4.19. The summed E-state index contributed by atoms with van der Waals surface area (Å²) in [4.78, 5) is 25.2. The molecular weight excluding hydrogens is 336 g/mol. The standard InChI is InChI=1S/C19H14N2O5/c1-24-13-8-7-10(9-14(13)25-2)18(22)16-15-11-5-3-4-6-12(11)26-19(23)17(15)21-20-16/h3-9H,1-2H3,(H,20,21). The molecule has 2 heterocycles. The van der Waals surface area contributed by atoms with Crippen molar-refractivity contribution in [3.8, 4) is 11.5 Å². The molecule has 0 aliphatic heterocycles. The fraction of sp³-hybridized carbons (Fsp3) is 0.105. The molecule has 0 atom stereocenters. The first-order chi connectivity index (χ1) is 12.6. The number of nitrogens with zero attached hydrogens (tertiary/aromatic N) is 1. The number of rotatable bonds is 4. The van der Waals surface area contributed by atoms with E-state index in [1.54, 1.807) is 42.5 Å². The van der Waals surface area contributed by atoms with E-state index in [4.69, 9.17) is 13.9 Å². The number of hydrogen-bond donors (Lipinski definition) is 1. The highest BCUT2D eigenvalue weighted by Crippen LogP contribution is 2.30. The average molecular weight is 350 g/mol. The van der Waals surface area contributed by atoms with E-state index in [2.05, 4.69) is 10.2 Å². The lowest BCUT2D eigenvalue weighted by atomic mass is 10.0.